The van der Waals surface area contributed by atoms with Gasteiger partial charge in [-0.3, -0.25) is 0 Å². The van der Waals surface area contributed by atoms with Crippen molar-refractivity contribution in [2.75, 3.05) is 6.61 Å². The van der Waals surface area contributed by atoms with Crippen LogP contribution in [0.4, 0.5) is 0 Å². The molecule has 1 rings (SSSR count). The molecule has 3 nitrogen and oxygen atoms in total. The molecule has 88 valence electrons. The van der Waals surface area contributed by atoms with E-state index in [1.807, 2.05) is 0 Å². The summed E-state index contributed by atoms with van der Waals surface area (Å²) >= 11 is 0. The number of nitrogens with zero attached hydrogens (tertiary/aromatic N) is 1. The summed E-state index contributed by atoms with van der Waals surface area (Å²) in [5.74, 6) is -0.413. The predicted molar refractivity (Wildman–Crippen MR) is 66.2 cm³/mol. The highest BCUT2D eigenvalue weighted by atomic mass is 16.5. The Morgan fingerprint density at radius 3 is 2.53 bits per heavy atom. The Hall–Kier alpha value is -2.08. The predicted octanol–water partition coefficient (Wildman–Crippen LogP) is 3.04. The van der Waals surface area contributed by atoms with Gasteiger partial charge in [-0.25, -0.2) is 4.79 Å². The van der Waals surface area contributed by atoms with Crippen LogP contribution >= 0.6 is 0 Å². The molecule has 0 spiro atoms. The Bertz CT molecular complexity index is 452. The molecule has 0 aliphatic carbocycles. The lowest BCUT2D eigenvalue weighted by Crippen LogP contribution is -2.20. The van der Waals surface area contributed by atoms with Crippen molar-refractivity contribution in [2.24, 2.45) is 5.41 Å². The van der Waals surface area contributed by atoms with E-state index in [0.29, 0.717) is 5.56 Å². The summed E-state index contributed by atoms with van der Waals surface area (Å²) in [5.41, 5.74) is 0.764. The highest BCUT2D eigenvalue weighted by Crippen LogP contribution is 2.15. The molecule has 0 heterocycles. The molecular formula is C14H15NO2. The van der Waals surface area contributed by atoms with Crippen molar-refractivity contribution in [1.29, 1.82) is 5.26 Å². The fourth-order valence-electron chi connectivity index (χ4n) is 1.12. The van der Waals surface area contributed by atoms with Gasteiger partial charge in [0, 0.05) is 0 Å². The minimum Gasteiger partial charge on any atom is -0.460 e. The largest absolute Gasteiger partial charge is 0.460 e. The van der Waals surface area contributed by atoms with Crippen LogP contribution in [-0.4, -0.2) is 12.6 Å². The Morgan fingerprint density at radius 1 is 1.47 bits per heavy atom. The quantitative estimate of drug-likeness (QED) is 0.745. The van der Waals surface area contributed by atoms with E-state index in [1.54, 1.807) is 44.2 Å². The topological polar surface area (TPSA) is 50.1 Å². The average Bonchev–Trinajstić information content (AvgIpc) is 2.36. The molecule has 0 aromatic heterocycles. The number of carbonyl (C=O) groups excluding carboxylic acids is 1. The molecule has 0 radical (unpaired) electrons. The maximum atomic E-state index is 11.6. The molecule has 0 aliphatic heterocycles. The molecule has 0 atom stereocenters. The third-order valence-corrected chi connectivity index (χ3v) is 2.25. The number of esters is 1. The second-order valence-corrected chi connectivity index (χ2v) is 4.40. The Balaban J connectivity index is 2.65. The van der Waals surface area contributed by atoms with Gasteiger partial charge in [0.1, 0.15) is 6.61 Å². The lowest BCUT2D eigenvalue weighted by atomic mass is 9.98. The van der Waals surface area contributed by atoms with E-state index in [2.05, 4.69) is 12.6 Å². The van der Waals surface area contributed by atoms with E-state index in [0.717, 1.165) is 5.56 Å². The van der Waals surface area contributed by atoms with Gasteiger partial charge >= 0.3 is 5.97 Å². The fourth-order valence-corrected chi connectivity index (χ4v) is 1.12. The molecule has 0 unspecified atom stereocenters. The maximum absolute atomic E-state index is 11.6. The highest BCUT2D eigenvalue weighted by Gasteiger charge is 2.19. The molecule has 0 N–H and O–H groups in total. The van der Waals surface area contributed by atoms with Gasteiger partial charge in [0.25, 0.3) is 0 Å². The summed E-state index contributed by atoms with van der Waals surface area (Å²) in [7, 11) is 0. The first-order valence-electron chi connectivity index (χ1n) is 5.29. The molecule has 0 aliphatic rings. The van der Waals surface area contributed by atoms with Crippen LogP contribution in [-0.2, 0) is 4.74 Å². The zero-order valence-electron chi connectivity index (χ0n) is 10.1. The van der Waals surface area contributed by atoms with Crippen LogP contribution in [0.5, 0.6) is 0 Å². The second-order valence-electron chi connectivity index (χ2n) is 4.40. The van der Waals surface area contributed by atoms with Gasteiger partial charge in [0.05, 0.1) is 17.0 Å². The summed E-state index contributed by atoms with van der Waals surface area (Å²) in [5, 5.41) is 8.79. The van der Waals surface area contributed by atoms with Crippen LogP contribution in [0.2, 0.25) is 0 Å². The fraction of sp³-hybridized carbons (Fsp3) is 0.286. The number of rotatable bonds is 4. The van der Waals surface area contributed by atoms with Crippen LogP contribution in [0.15, 0.2) is 30.8 Å². The summed E-state index contributed by atoms with van der Waals surface area (Å²) < 4.78 is 5.07. The third kappa shape index (κ3) is 3.76. The van der Waals surface area contributed by atoms with E-state index in [-0.39, 0.29) is 6.61 Å². The van der Waals surface area contributed by atoms with Gasteiger partial charge in [0.15, 0.2) is 0 Å². The van der Waals surface area contributed by atoms with Crippen molar-refractivity contribution >= 4 is 12.0 Å². The van der Waals surface area contributed by atoms with Crippen LogP contribution < -0.4 is 0 Å². The minimum absolute atomic E-state index is 0.0888. The van der Waals surface area contributed by atoms with Crippen LogP contribution in [0.25, 0.3) is 6.08 Å². The first-order chi connectivity index (χ1) is 7.98. The molecule has 0 amide bonds. The average molecular weight is 229 g/mol. The Morgan fingerprint density at radius 2 is 2.06 bits per heavy atom. The van der Waals surface area contributed by atoms with Crippen molar-refractivity contribution in [3.05, 3.63) is 42.0 Å². The monoisotopic (exact) mass is 229 g/mol. The lowest BCUT2D eigenvalue weighted by molar-refractivity contribution is 0.0407. The lowest BCUT2D eigenvalue weighted by Gasteiger charge is -2.14. The van der Waals surface area contributed by atoms with E-state index < -0.39 is 11.4 Å². The SMILES string of the molecule is C=Cc1ccc(C(=O)OCC(C)(C)C#N)cc1. The maximum Gasteiger partial charge on any atom is 0.338 e. The zero-order valence-corrected chi connectivity index (χ0v) is 10.1. The summed E-state index contributed by atoms with van der Waals surface area (Å²) in [6, 6.07) is 9.02. The summed E-state index contributed by atoms with van der Waals surface area (Å²) in [6.45, 7) is 7.17. The minimum atomic E-state index is -0.656. The number of hydrogen-bond donors (Lipinski definition) is 0. The molecule has 17 heavy (non-hydrogen) atoms. The van der Waals surface area contributed by atoms with Crippen LogP contribution in [0.1, 0.15) is 29.8 Å². The zero-order chi connectivity index (χ0) is 12.9. The van der Waals surface area contributed by atoms with Crippen molar-refractivity contribution < 1.29 is 9.53 Å². The molecule has 3 heteroatoms. The van der Waals surface area contributed by atoms with E-state index in [1.165, 1.54) is 0 Å². The van der Waals surface area contributed by atoms with Crippen molar-refractivity contribution in [3.63, 3.8) is 0 Å². The van der Waals surface area contributed by atoms with Gasteiger partial charge in [-0.15, -0.1) is 0 Å². The summed E-state index contributed by atoms with van der Waals surface area (Å²) in [4.78, 5) is 11.6. The van der Waals surface area contributed by atoms with Crippen LogP contribution in [0, 0.1) is 16.7 Å². The molecule has 0 fully saturated rings. The van der Waals surface area contributed by atoms with Gasteiger partial charge < -0.3 is 4.74 Å². The highest BCUT2D eigenvalue weighted by molar-refractivity contribution is 5.89. The van der Waals surface area contributed by atoms with Gasteiger partial charge in [-0.2, -0.15) is 5.26 Å². The van der Waals surface area contributed by atoms with E-state index >= 15 is 0 Å². The molecule has 1 aromatic carbocycles. The van der Waals surface area contributed by atoms with Gasteiger partial charge in [0.2, 0.25) is 0 Å². The van der Waals surface area contributed by atoms with Crippen molar-refractivity contribution in [1.82, 2.24) is 0 Å². The standard InChI is InChI=1S/C14H15NO2/c1-4-11-5-7-12(8-6-11)13(16)17-10-14(2,3)9-15/h4-8H,1,10H2,2-3H3. The Labute approximate surface area is 101 Å². The first kappa shape index (κ1) is 13.0. The van der Waals surface area contributed by atoms with E-state index in [4.69, 9.17) is 10.00 Å². The smallest absolute Gasteiger partial charge is 0.338 e. The number of benzene rings is 1. The van der Waals surface area contributed by atoms with Gasteiger partial charge in [-0.1, -0.05) is 24.8 Å². The molecule has 0 saturated heterocycles. The molecular weight excluding hydrogens is 214 g/mol. The molecule has 0 saturated carbocycles. The van der Waals surface area contributed by atoms with E-state index in [9.17, 15) is 4.79 Å². The molecule has 1 aromatic rings. The number of ether oxygens (including phenoxy) is 1. The number of carbonyl (C=O) groups is 1. The molecule has 0 bridgehead atoms. The third-order valence-electron chi connectivity index (χ3n) is 2.25. The number of hydrogen-bond acceptors (Lipinski definition) is 3. The van der Waals surface area contributed by atoms with Crippen molar-refractivity contribution in [2.45, 2.75) is 13.8 Å². The summed E-state index contributed by atoms with van der Waals surface area (Å²) in [6.07, 6.45) is 1.70. The Kier molecular flexibility index (Phi) is 4.06. The van der Waals surface area contributed by atoms with Crippen LogP contribution in [0.3, 0.4) is 0 Å². The normalized spacial score (nSPS) is 10.4. The first-order valence-corrected chi connectivity index (χ1v) is 5.29. The number of nitriles is 1. The van der Waals surface area contributed by atoms with Gasteiger partial charge in [-0.05, 0) is 31.5 Å². The van der Waals surface area contributed by atoms with Crippen molar-refractivity contribution in [3.8, 4) is 6.07 Å². The second kappa shape index (κ2) is 5.31.